The summed E-state index contributed by atoms with van der Waals surface area (Å²) >= 11 is 13.1. The minimum atomic E-state index is -0.516. The molecule has 0 aromatic carbocycles. The van der Waals surface area contributed by atoms with Gasteiger partial charge in [-0.2, -0.15) is 0 Å². The van der Waals surface area contributed by atoms with E-state index in [0.717, 1.165) is 25.6 Å². The van der Waals surface area contributed by atoms with Crippen molar-refractivity contribution >= 4 is 23.2 Å². The summed E-state index contributed by atoms with van der Waals surface area (Å²) in [6, 6.07) is 0. The molecule has 2 nitrogen and oxygen atoms in total. The normalized spacial score (nSPS) is 57.7. The Labute approximate surface area is 117 Å². The van der Waals surface area contributed by atoms with Crippen LogP contribution in [0.4, 0.5) is 0 Å². The molecule has 4 bridgehead atoms. The highest BCUT2D eigenvalue weighted by molar-refractivity contribution is 6.51. The van der Waals surface area contributed by atoms with E-state index in [1.165, 1.54) is 25.7 Å². The fraction of sp³-hybridized carbons (Fsp3) is 1.00. The maximum absolute atomic E-state index is 6.56. The molecule has 6 rings (SSSR count). The van der Waals surface area contributed by atoms with Crippen LogP contribution in [0.3, 0.4) is 0 Å². The van der Waals surface area contributed by atoms with Crippen LogP contribution in [0.25, 0.3) is 0 Å². The van der Waals surface area contributed by atoms with Gasteiger partial charge in [-0.1, -0.05) is 0 Å². The van der Waals surface area contributed by atoms with E-state index in [1.807, 2.05) is 0 Å². The summed E-state index contributed by atoms with van der Waals surface area (Å²) in [4.78, 5) is 0. The van der Waals surface area contributed by atoms with Gasteiger partial charge in [-0.25, -0.2) is 0 Å². The molecule has 6 fully saturated rings. The lowest BCUT2D eigenvalue weighted by Gasteiger charge is -2.62. The van der Waals surface area contributed by atoms with E-state index in [-0.39, 0.29) is 11.2 Å². The highest BCUT2D eigenvalue weighted by Crippen LogP contribution is 2.82. The van der Waals surface area contributed by atoms with Crippen molar-refractivity contribution in [2.75, 3.05) is 13.2 Å². The average Bonchev–Trinajstić information content (AvgIpc) is 2.73. The summed E-state index contributed by atoms with van der Waals surface area (Å²) in [5.74, 6) is 2.30. The molecule has 6 aliphatic rings. The van der Waals surface area contributed by atoms with Gasteiger partial charge in [0.1, 0.15) is 4.33 Å². The molecule has 1 saturated heterocycles. The molecular weight excluding hydrogens is 271 g/mol. The maximum atomic E-state index is 6.56. The van der Waals surface area contributed by atoms with Gasteiger partial charge in [0.25, 0.3) is 0 Å². The smallest absolute Gasteiger partial charge is 0.174 e. The molecule has 0 aromatic heterocycles. The van der Waals surface area contributed by atoms with Crippen LogP contribution in [0.15, 0.2) is 0 Å². The van der Waals surface area contributed by atoms with Gasteiger partial charge in [0.15, 0.2) is 5.79 Å². The Balaban J connectivity index is 1.65. The number of rotatable bonds is 0. The van der Waals surface area contributed by atoms with Crippen molar-refractivity contribution in [3.05, 3.63) is 0 Å². The van der Waals surface area contributed by atoms with Gasteiger partial charge in [-0.15, -0.1) is 23.2 Å². The molecule has 0 N–H and O–H groups in total. The molecule has 0 unspecified atom stereocenters. The summed E-state index contributed by atoms with van der Waals surface area (Å²) in [7, 11) is 0. The molecule has 0 amide bonds. The van der Waals surface area contributed by atoms with Crippen molar-refractivity contribution in [3.63, 3.8) is 0 Å². The van der Waals surface area contributed by atoms with Crippen molar-refractivity contribution in [2.45, 2.75) is 42.2 Å². The fourth-order valence-electron chi connectivity index (χ4n) is 6.04. The number of halogens is 2. The third kappa shape index (κ3) is 1.01. The number of alkyl halides is 2. The second kappa shape index (κ2) is 3.05. The number of hydrogen-bond donors (Lipinski definition) is 0. The van der Waals surface area contributed by atoms with Crippen molar-refractivity contribution in [3.8, 4) is 0 Å². The van der Waals surface area contributed by atoms with Crippen molar-refractivity contribution < 1.29 is 9.47 Å². The highest BCUT2D eigenvalue weighted by atomic mass is 35.5. The van der Waals surface area contributed by atoms with Gasteiger partial charge >= 0.3 is 0 Å². The van der Waals surface area contributed by atoms with Gasteiger partial charge in [-0.3, -0.25) is 0 Å². The molecular formula is C14H18Cl2O2. The SMILES string of the molecule is ClC1(Cl)C[C@]12[C@H]1C[C@@H]3C[C@H](C1)C1(OCCO1)[C@H]2C3. The standard InChI is InChI=1S/C14H18Cl2O2/c15-13(16)7-12(13)9-3-8-4-10(6-9)14(11(12)5-8)17-1-2-18-14/h8-11H,1-7H2/t8-,9+,10-,11+,12-/m1/s1. The molecule has 1 aliphatic heterocycles. The maximum Gasteiger partial charge on any atom is 0.174 e. The number of hydrogen-bond acceptors (Lipinski definition) is 2. The molecule has 5 atom stereocenters. The molecule has 0 aromatic rings. The molecule has 1 heterocycles. The van der Waals surface area contributed by atoms with Crippen LogP contribution >= 0.6 is 23.2 Å². The predicted molar refractivity (Wildman–Crippen MR) is 68.6 cm³/mol. The van der Waals surface area contributed by atoms with E-state index in [1.54, 1.807) is 0 Å². The van der Waals surface area contributed by atoms with Crippen LogP contribution in [-0.4, -0.2) is 23.3 Å². The van der Waals surface area contributed by atoms with Crippen molar-refractivity contribution in [1.82, 2.24) is 0 Å². The van der Waals surface area contributed by atoms with Crippen molar-refractivity contribution in [2.24, 2.45) is 29.1 Å². The zero-order valence-electron chi connectivity index (χ0n) is 10.3. The van der Waals surface area contributed by atoms with Gasteiger partial charge in [-0.05, 0) is 43.9 Å². The quantitative estimate of drug-likeness (QED) is 0.637. The summed E-state index contributed by atoms with van der Waals surface area (Å²) in [5.41, 5.74) is 0.105. The first kappa shape index (κ1) is 11.2. The lowest BCUT2D eigenvalue weighted by Crippen LogP contribution is -2.64. The third-order valence-electron chi connectivity index (χ3n) is 6.59. The van der Waals surface area contributed by atoms with Crippen LogP contribution in [0.2, 0.25) is 0 Å². The van der Waals surface area contributed by atoms with Crippen LogP contribution in [0, 0.1) is 29.1 Å². The van der Waals surface area contributed by atoms with E-state index >= 15 is 0 Å². The molecule has 0 radical (unpaired) electrons. The minimum Gasteiger partial charge on any atom is -0.347 e. The Morgan fingerprint density at radius 1 is 0.889 bits per heavy atom. The molecule has 100 valence electrons. The predicted octanol–water partition coefficient (Wildman–Crippen LogP) is 3.36. The van der Waals surface area contributed by atoms with Crippen LogP contribution < -0.4 is 0 Å². The molecule has 4 heteroatoms. The Morgan fingerprint density at radius 3 is 2.22 bits per heavy atom. The second-order valence-electron chi connectivity index (χ2n) is 7.10. The first-order valence-corrected chi connectivity index (χ1v) is 8.00. The monoisotopic (exact) mass is 288 g/mol. The first-order valence-electron chi connectivity index (χ1n) is 7.24. The van der Waals surface area contributed by atoms with E-state index < -0.39 is 4.33 Å². The molecule has 2 spiro atoms. The molecule has 5 aliphatic carbocycles. The van der Waals surface area contributed by atoms with Gasteiger partial charge in [0.2, 0.25) is 0 Å². The summed E-state index contributed by atoms with van der Waals surface area (Å²) in [6.07, 6.45) is 6.01. The van der Waals surface area contributed by atoms with E-state index in [2.05, 4.69) is 0 Å². The Hall–Kier alpha value is 0.500. The lowest BCUT2D eigenvalue weighted by atomic mass is 9.47. The van der Waals surface area contributed by atoms with Crippen molar-refractivity contribution in [1.29, 1.82) is 0 Å². The number of ether oxygens (including phenoxy) is 2. The average molecular weight is 289 g/mol. The zero-order chi connectivity index (χ0) is 12.2. The van der Waals surface area contributed by atoms with E-state index in [0.29, 0.717) is 17.8 Å². The molecule has 5 saturated carbocycles. The van der Waals surface area contributed by atoms with Crippen LogP contribution in [0.5, 0.6) is 0 Å². The first-order chi connectivity index (χ1) is 8.58. The van der Waals surface area contributed by atoms with Crippen LogP contribution in [0.1, 0.15) is 32.1 Å². The second-order valence-corrected chi connectivity index (χ2v) is 8.58. The highest BCUT2D eigenvalue weighted by Gasteiger charge is 2.82. The largest absolute Gasteiger partial charge is 0.347 e. The van der Waals surface area contributed by atoms with E-state index in [9.17, 15) is 0 Å². The summed E-state index contributed by atoms with van der Waals surface area (Å²) in [6.45, 7) is 1.49. The fourth-order valence-corrected chi connectivity index (χ4v) is 7.05. The summed E-state index contributed by atoms with van der Waals surface area (Å²) in [5, 5.41) is 0. The van der Waals surface area contributed by atoms with Crippen LogP contribution in [-0.2, 0) is 9.47 Å². The summed E-state index contributed by atoms with van der Waals surface area (Å²) < 4.78 is 11.8. The third-order valence-corrected chi connectivity index (χ3v) is 7.56. The molecule has 18 heavy (non-hydrogen) atoms. The lowest BCUT2D eigenvalue weighted by molar-refractivity contribution is -0.311. The zero-order valence-corrected chi connectivity index (χ0v) is 11.8. The van der Waals surface area contributed by atoms with Gasteiger partial charge < -0.3 is 9.47 Å². The van der Waals surface area contributed by atoms with Gasteiger partial charge in [0, 0.05) is 17.3 Å². The van der Waals surface area contributed by atoms with E-state index in [4.69, 9.17) is 32.7 Å². The van der Waals surface area contributed by atoms with Gasteiger partial charge in [0.05, 0.1) is 13.2 Å². The topological polar surface area (TPSA) is 18.5 Å². The Morgan fingerprint density at radius 2 is 1.56 bits per heavy atom. The Kier molecular flexibility index (Phi) is 1.90. The minimum absolute atomic E-state index is 0.105. The Bertz CT molecular complexity index is 399.